The van der Waals surface area contributed by atoms with Crippen molar-refractivity contribution >= 4 is 29.7 Å². The highest BCUT2D eigenvalue weighted by Gasteiger charge is 2.24. The molecular weight excluding hydrogens is 320 g/mol. The van der Waals surface area contributed by atoms with Crippen LogP contribution in [0, 0.1) is 16.0 Å². The number of piperidine rings is 1. The fourth-order valence-electron chi connectivity index (χ4n) is 2.68. The number of nitro groups is 1. The highest BCUT2D eigenvalue weighted by atomic mass is 35.5. The number of benzene rings is 1. The summed E-state index contributed by atoms with van der Waals surface area (Å²) in [5, 5.41) is 17.3. The van der Waals surface area contributed by atoms with E-state index < -0.39 is 4.92 Å². The lowest BCUT2D eigenvalue weighted by Crippen LogP contribution is -2.52. The predicted molar refractivity (Wildman–Crippen MR) is 92.2 cm³/mol. The molecule has 1 fully saturated rings. The average molecular weight is 343 g/mol. The van der Waals surface area contributed by atoms with Crippen LogP contribution in [0.2, 0.25) is 0 Å². The first-order valence-corrected chi connectivity index (χ1v) is 7.43. The number of halogens is 1. The molecule has 1 heterocycles. The largest absolute Gasteiger partial charge is 0.360 e. The molecule has 0 saturated carbocycles. The molecule has 0 radical (unpaired) electrons. The second-order valence-corrected chi connectivity index (χ2v) is 5.75. The maximum atomic E-state index is 12.2. The Balaban J connectivity index is 0.00000264. The highest BCUT2D eigenvalue weighted by Crippen LogP contribution is 2.26. The van der Waals surface area contributed by atoms with Crippen molar-refractivity contribution in [3.63, 3.8) is 0 Å². The van der Waals surface area contributed by atoms with Crippen molar-refractivity contribution in [1.29, 1.82) is 0 Å². The smallest absolute Gasteiger partial charge is 0.292 e. The first-order valence-electron chi connectivity index (χ1n) is 7.43. The first kappa shape index (κ1) is 19.2. The number of hydrogen-bond donors (Lipinski definition) is 2. The van der Waals surface area contributed by atoms with Gasteiger partial charge in [0.15, 0.2) is 0 Å². The number of para-hydroxylation sites is 2. The van der Waals surface area contributed by atoms with E-state index in [1.807, 2.05) is 0 Å². The monoisotopic (exact) mass is 342 g/mol. The number of rotatable bonds is 5. The number of nitrogens with zero attached hydrogens (tertiary/aromatic N) is 2. The Bertz CT molecular complexity index is 555. The molecule has 7 nitrogen and oxygen atoms in total. The van der Waals surface area contributed by atoms with Gasteiger partial charge in [-0.15, -0.1) is 12.4 Å². The Hall–Kier alpha value is -1.86. The number of amides is 1. The van der Waals surface area contributed by atoms with E-state index in [1.165, 1.54) is 6.07 Å². The Morgan fingerprint density at radius 2 is 2.17 bits per heavy atom. The molecule has 0 aromatic heterocycles. The van der Waals surface area contributed by atoms with E-state index >= 15 is 0 Å². The predicted octanol–water partition coefficient (Wildman–Crippen LogP) is 1.57. The lowest BCUT2D eigenvalue weighted by molar-refractivity contribution is -0.384. The zero-order valence-electron chi connectivity index (χ0n) is 13.3. The van der Waals surface area contributed by atoms with Gasteiger partial charge in [0.25, 0.3) is 5.69 Å². The van der Waals surface area contributed by atoms with Crippen molar-refractivity contribution in [2.75, 3.05) is 31.6 Å². The molecule has 0 aliphatic carbocycles. The summed E-state index contributed by atoms with van der Waals surface area (Å²) in [6.07, 6.45) is 1.03. The number of hydrogen-bond acceptors (Lipinski definition) is 5. The van der Waals surface area contributed by atoms with E-state index in [1.54, 1.807) is 30.1 Å². The van der Waals surface area contributed by atoms with Gasteiger partial charge in [0.2, 0.25) is 5.91 Å². The van der Waals surface area contributed by atoms with Crippen LogP contribution >= 0.6 is 12.4 Å². The fourth-order valence-corrected chi connectivity index (χ4v) is 2.68. The van der Waals surface area contributed by atoms with E-state index in [9.17, 15) is 14.9 Å². The molecular formula is C15H23ClN4O3. The van der Waals surface area contributed by atoms with Crippen LogP contribution in [0.1, 0.15) is 13.3 Å². The summed E-state index contributed by atoms with van der Waals surface area (Å²) in [7, 11) is 1.68. The van der Waals surface area contributed by atoms with E-state index in [0.717, 1.165) is 19.5 Å². The minimum absolute atomic E-state index is 0. The molecule has 1 aliphatic heterocycles. The molecule has 1 saturated heterocycles. The van der Waals surface area contributed by atoms with E-state index in [-0.39, 0.29) is 36.6 Å². The van der Waals surface area contributed by atoms with Gasteiger partial charge in [-0.25, -0.2) is 0 Å². The SMILES string of the molecule is CC1CCNCC1NC(=O)CN(C)c1ccccc1[N+](=O)[O-].Cl. The standard InChI is InChI=1S/C15H22N4O3.ClH/c1-11-7-8-16-9-12(11)17-15(20)10-18(2)13-5-3-4-6-14(13)19(21)22;/h3-6,11-12,16H,7-10H2,1-2H3,(H,17,20);1H. The molecule has 2 unspecified atom stereocenters. The Morgan fingerprint density at radius 3 is 2.83 bits per heavy atom. The molecule has 23 heavy (non-hydrogen) atoms. The van der Waals surface area contributed by atoms with Crippen molar-refractivity contribution in [3.05, 3.63) is 34.4 Å². The lowest BCUT2D eigenvalue weighted by Gasteiger charge is -2.31. The lowest BCUT2D eigenvalue weighted by atomic mass is 9.95. The van der Waals surface area contributed by atoms with Gasteiger partial charge in [0.05, 0.1) is 11.5 Å². The number of likely N-dealkylation sites (N-methyl/N-ethyl adjacent to an activating group) is 1. The maximum Gasteiger partial charge on any atom is 0.292 e. The molecule has 2 rings (SSSR count). The van der Waals surface area contributed by atoms with Gasteiger partial charge < -0.3 is 15.5 Å². The molecule has 128 valence electrons. The van der Waals surface area contributed by atoms with Crippen molar-refractivity contribution in [2.45, 2.75) is 19.4 Å². The molecule has 2 N–H and O–H groups in total. The van der Waals surface area contributed by atoms with Gasteiger partial charge in [-0.3, -0.25) is 14.9 Å². The van der Waals surface area contributed by atoms with Crippen molar-refractivity contribution in [3.8, 4) is 0 Å². The van der Waals surface area contributed by atoms with Crippen LogP contribution < -0.4 is 15.5 Å². The Morgan fingerprint density at radius 1 is 1.48 bits per heavy atom. The van der Waals surface area contributed by atoms with Crippen molar-refractivity contribution in [2.24, 2.45) is 5.92 Å². The summed E-state index contributed by atoms with van der Waals surface area (Å²) in [4.78, 5) is 24.4. The van der Waals surface area contributed by atoms with Gasteiger partial charge in [-0.2, -0.15) is 0 Å². The number of carbonyl (C=O) groups excluding carboxylic acids is 1. The second kappa shape index (κ2) is 8.69. The summed E-state index contributed by atoms with van der Waals surface area (Å²) in [6.45, 7) is 3.96. The third kappa shape index (κ3) is 5.07. The normalized spacial score (nSPS) is 20.3. The number of anilines is 1. The van der Waals surface area contributed by atoms with Gasteiger partial charge >= 0.3 is 0 Å². The van der Waals surface area contributed by atoms with Crippen LogP contribution in [0.5, 0.6) is 0 Å². The summed E-state index contributed by atoms with van der Waals surface area (Å²) < 4.78 is 0. The van der Waals surface area contributed by atoms with Crippen molar-refractivity contribution < 1.29 is 9.72 Å². The zero-order valence-corrected chi connectivity index (χ0v) is 14.1. The molecule has 1 aromatic rings. The molecule has 8 heteroatoms. The van der Waals surface area contributed by atoms with E-state index in [2.05, 4.69) is 17.6 Å². The summed E-state index contributed by atoms with van der Waals surface area (Å²) >= 11 is 0. The molecule has 0 spiro atoms. The maximum absolute atomic E-state index is 12.2. The van der Waals surface area contributed by atoms with E-state index in [4.69, 9.17) is 0 Å². The summed E-state index contributed by atoms with van der Waals surface area (Å²) in [5.41, 5.74) is 0.447. The van der Waals surface area contributed by atoms with Gasteiger partial charge in [-0.1, -0.05) is 19.1 Å². The zero-order chi connectivity index (χ0) is 16.1. The van der Waals surface area contributed by atoms with Crippen LogP contribution in [-0.2, 0) is 4.79 Å². The molecule has 1 aromatic carbocycles. The van der Waals surface area contributed by atoms with Crippen LogP contribution in [0.25, 0.3) is 0 Å². The molecule has 2 atom stereocenters. The third-order valence-corrected chi connectivity index (χ3v) is 4.04. The second-order valence-electron chi connectivity index (χ2n) is 5.75. The topological polar surface area (TPSA) is 87.5 Å². The van der Waals surface area contributed by atoms with Crippen LogP contribution in [0.15, 0.2) is 24.3 Å². The van der Waals surface area contributed by atoms with Crippen molar-refractivity contribution in [1.82, 2.24) is 10.6 Å². The van der Waals surface area contributed by atoms with Gasteiger partial charge in [0.1, 0.15) is 5.69 Å². The summed E-state index contributed by atoms with van der Waals surface area (Å²) in [6, 6.07) is 6.54. The summed E-state index contributed by atoms with van der Waals surface area (Å²) in [5.74, 6) is 0.308. The third-order valence-electron chi connectivity index (χ3n) is 4.04. The van der Waals surface area contributed by atoms with Crippen LogP contribution in [0.3, 0.4) is 0 Å². The van der Waals surface area contributed by atoms with Gasteiger partial charge in [0, 0.05) is 25.7 Å². The minimum Gasteiger partial charge on any atom is -0.360 e. The quantitative estimate of drug-likeness (QED) is 0.626. The first-order chi connectivity index (χ1) is 10.5. The minimum atomic E-state index is -0.434. The fraction of sp³-hybridized carbons (Fsp3) is 0.533. The number of nitro benzene ring substituents is 1. The molecule has 1 amide bonds. The molecule has 0 bridgehead atoms. The Labute approximate surface area is 142 Å². The Kier molecular flexibility index (Phi) is 7.25. The number of nitrogens with one attached hydrogen (secondary N) is 2. The molecule has 1 aliphatic rings. The number of carbonyl (C=O) groups is 1. The van der Waals surface area contributed by atoms with Gasteiger partial charge in [-0.05, 0) is 24.9 Å². The van der Waals surface area contributed by atoms with Crippen LogP contribution in [0.4, 0.5) is 11.4 Å². The highest BCUT2D eigenvalue weighted by molar-refractivity contribution is 5.85. The average Bonchev–Trinajstić information content (AvgIpc) is 2.49. The van der Waals surface area contributed by atoms with Crippen LogP contribution in [-0.4, -0.2) is 43.6 Å². The van der Waals surface area contributed by atoms with E-state index in [0.29, 0.717) is 11.6 Å².